The summed E-state index contributed by atoms with van der Waals surface area (Å²) in [4.78, 5) is 0. The third-order valence-corrected chi connectivity index (χ3v) is 3.14. The van der Waals surface area contributed by atoms with Gasteiger partial charge in [-0.2, -0.15) is 0 Å². The standard InChI is InChI=1S/C15H16ClNO2/c1-18-13-3-2-4-14(8-13)19-10-12-6-5-11(9-17)7-15(12)16/h2-8H,9-10,17H2,1H3. The molecule has 2 aromatic carbocycles. The van der Waals surface area contributed by atoms with Gasteiger partial charge in [-0.15, -0.1) is 0 Å². The maximum absolute atomic E-state index is 6.17. The Morgan fingerprint density at radius 1 is 1.11 bits per heavy atom. The van der Waals surface area contributed by atoms with Gasteiger partial charge in [0.05, 0.1) is 7.11 Å². The number of hydrogen-bond acceptors (Lipinski definition) is 3. The number of benzene rings is 2. The van der Waals surface area contributed by atoms with E-state index in [0.29, 0.717) is 18.2 Å². The Labute approximate surface area is 117 Å². The molecule has 0 aliphatic carbocycles. The minimum Gasteiger partial charge on any atom is -0.497 e. The molecule has 0 fully saturated rings. The maximum atomic E-state index is 6.17. The van der Waals surface area contributed by atoms with Gasteiger partial charge in [0.2, 0.25) is 0 Å². The van der Waals surface area contributed by atoms with Crippen molar-refractivity contribution in [1.82, 2.24) is 0 Å². The molecule has 0 unspecified atom stereocenters. The highest BCUT2D eigenvalue weighted by atomic mass is 35.5. The third kappa shape index (κ3) is 3.63. The highest BCUT2D eigenvalue weighted by Gasteiger charge is 2.03. The fraction of sp³-hybridized carbons (Fsp3) is 0.200. The van der Waals surface area contributed by atoms with Crippen molar-refractivity contribution >= 4 is 11.6 Å². The molecule has 2 N–H and O–H groups in total. The number of rotatable bonds is 5. The molecule has 3 nitrogen and oxygen atoms in total. The summed E-state index contributed by atoms with van der Waals surface area (Å²) in [5.41, 5.74) is 7.50. The van der Waals surface area contributed by atoms with E-state index in [9.17, 15) is 0 Å². The molecule has 0 radical (unpaired) electrons. The van der Waals surface area contributed by atoms with Crippen LogP contribution in [0.3, 0.4) is 0 Å². The molecule has 0 saturated heterocycles. The van der Waals surface area contributed by atoms with Gasteiger partial charge in [0, 0.05) is 23.2 Å². The van der Waals surface area contributed by atoms with Crippen LogP contribution in [0.2, 0.25) is 5.02 Å². The Morgan fingerprint density at radius 2 is 1.89 bits per heavy atom. The average molecular weight is 278 g/mol. The molecule has 0 atom stereocenters. The summed E-state index contributed by atoms with van der Waals surface area (Å²) < 4.78 is 10.8. The van der Waals surface area contributed by atoms with Gasteiger partial charge in [-0.3, -0.25) is 0 Å². The number of halogens is 1. The first kappa shape index (κ1) is 13.7. The maximum Gasteiger partial charge on any atom is 0.123 e. The first-order valence-corrected chi connectivity index (χ1v) is 6.35. The van der Waals surface area contributed by atoms with Gasteiger partial charge in [0.15, 0.2) is 0 Å². The van der Waals surface area contributed by atoms with Crippen LogP contribution in [-0.4, -0.2) is 7.11 Å². The lowest BCUT2D eigenvalue weighted by Gasteiger charge is -2.09. The van der Waals surface area contributed by atoms with Crippen LogP contribution in [0.1, 0.15) is 11.1 Å². The second kappa shape index (κ2) is 6.45. The van der Waals surface area contributed by atoms with Crippen LogP contribution in [0, 0.1) is 0 Å². The number of hydrogen-bond donors (Lipinski definition) is 1. The molecule has 4 heteroatoms. The smallest absolute Gasteiger partial charge is 0.123 e. The van der Waals surface area contributed by atoms with Gasteiger partial charge in [-0.25, -0.2) is 0 Å². The van der Waals surface area contributed by atoms with Crippen molar-refractivity contribution in [2.45, 2.75) is 13.2 Å². The zero-order valence-electron chi connectivity index (χ0n) is 10.7. The fourth-order valence-electron chi connectivity index (χ4n) is 1.69. The summed E-state index contributed by atoms with van der Waals surface area (Å²) >= 11 is 6.17. The van der Waals surface area contributed by atoms with Gasteiger partial charge in [0.1, 0.15) is 18.1 Å². The van der Waals surface area contributed by atoms with Crippen LogP contribution in [-0.2, 0) is 13.2 Å². The lowest BCUT2D eigenvalue weighted by Crippen LogP contribution is -2.00. The highest BCUT2D eigenvalue weighted by molar-refractivity contribution is 6.31. The fourth-order valence-corrected chi connectivity index (χ4v) is 1.94. The molecular weight excluding hydrogens is 262 g/mol. The summed E-state index contributed by atoms with van der Waals surface area (Å²) in [6.45, 7) is 0.896. The normalized spacial score (nSPS) is 10.3. The average Bonchev–Trinajstić information content (AvgIpc) is 2.46. The third-order valence-electron chi connectivity index (χ3n) is 2.79. The molecular formula is C15H16ClNO2. The first-order valence-electron chi connectivity index (χ1n) is 5.97. The lowest BCUT2D eigenvalue weighted by atomic mass is 10.1. The van der Waals surface area contributed by atoms with E-state index < -0.39 is 0 Å². The zero-order chi connectivity index (χ0) is 13.7. The zero-order valence-corrected chi connectivity index (χ0v) is 11.5. The molecule has 0 aromatic heterocycles. The molecule has 0 aliphatic rings. The molecule has 100 valence electrons. The van der Waals surface area contributed by atoms with E-state index in [-0.39, 0.29) is 0 Å². The van der Waals surface area contributed by atoms with Crippen LogP contribution in [0.5, 0.6) is 11.5 Å². The minimum absolute atomic E-state index is 0.414. The van der Waals surface area contributed by atoms with Crippen molar-refractivity contribution in [3.8, 4) is 11.5 Å². The predicted octanol–water partition coefficient (Wildman–Crippen LogP) is 3.39. The molecule has 19 heavy (non-hydrogen) atoms. The molecule has 2 rings (SSSR count). The van der Waals surface area contributed by atoms with E-state index in [1.54, 1.807) is 7.11 Å². The Hall–Kier alpha value is -1.71. The second-order valence-corrected chi connectivity index (χ2v) is 4.50. The number of ether oxygens (including phenoxy) is 2. The number of nitrogens with two attached hydrogens (primary N) is 1. The van der Waals surface area contributed by atoms with E-state index in [0.717, 1.165) is 22.6 Å². The van der Waals surface area contributed by atoms with Crippen molar-refractivity contribution in [3.63, 3.8) is 0 Å². The van der Waals surface area contributed by atoms with Crippen LogP contribution in [0.15, 0.2) is 42.5 Å². The van der Waals surface area contributed by atoms with Gasteiger partial charge < -0.3 is 15.2 Å². The Kier molecular flexibility index (Phi) is 4.66. The molecule has 0 spiro atoms. The van der Waals surface area contributed by atoms with Crippen LogP contribution in [0.25, 0.3) is 0 Å². The molecule has 0 amide bonds. The minimum atomic E-state index is 0.414. The van der Waals surface area contributed by atoms with Crippen molar-refractivity contribution < 1.29 is 9.47 Å². The summed E-state index contributed by atoms with van der Waals surface area (Å²) in [5.74, 6) is 1.51. The SMILES string of the molecule is COc1cccc(OCc2ccc(CN)cc2Cl)c1. The predicted molar refractivity (Wildman–Crippen MR) is 76.7 cm³/mol. The number of methoxy groups -OCH3 is 1. The Bertz CT molecular complexity index is 558. The van der Waals surface area contributed by atoms with Crippen LogP contribution in [0.4, 0.5) is 0 Å². The largest absolute Gasteiger partial charge is 0.497 e. The summed E-state index contributed by atoms with van der Waals surface area (Å²) in [6.07, 6.45) is 0. The molecule has 0 bridgehead atoms. The summed E-state index contributed by atoms with van der Waals surface area (Å²) in [5, 5.41) is 0.672. The molecule has 0 heterocycles. The van der Waals surface area contributed by atoms with Gasteiger partial charge in [-0.1, -0.05) is 29.8 Å². The molecule has 0 saturated carbocycles. The van der Waals surface area contributed by atoms with Crippen molar-refractivity contribution in [1.29, 1.82) is 0 Å². The topological polar surface area (TPSA) is 44.5 Å². The summed E-state index contributed by atoms with van der Waals surface area (Å²) in [7, 11) is 1.63. The summed E-state index contributed by atoms with van der Waals surface area (Å²) in [6, 6.07) is 13.2. The van der Waals surface area contributed by atoms with E-state index in [1.807, 2.05) is 42.5 Å². The first-order chi connectivity index (χ1) is 9.22. The van der Waals surface area contributed by atoms with Gasteiger partial charge >= 0.3 is 0 Å². The van der Waals surface area contributed by atoms with Gasteiger partial charge in [0.25, 0.3) is 0 Å². The highest BCUT2D eigenvalue weighted by Crippen LogP contribution is 2.23. The van der Waals surface area contributed by atoms with Crippen LogP contribution < -0.4 is 15.2 Å². The van der Waals surface area contributed by atoms with E-state index in [1.165, 1.54) is 0 Å². The second-order valence-electron chi connectivity index (χ2n) is 4.10. The van der Waals surface area contributed by atoms with Crippen molar-refractivity contribution in [2.24, 2.45) is 5.73 Å². The van der Waals surface area contributed by atoms with Crippen molar-refractivity contribution in [2.75, 3.05) is 7.11 Å². The molecule has 0 aliphatic heterocycles. The quantitative estimate of drug-likeness (QED) is 0.911. The van der Waals surface area contributed by atoms with E-state index >= 15 is 0 Å². The van der Waals surface area contributed by atoms with Crippen LogP contribution >= 0.6 is 11.6 Å². The monoisotopic (exact) mass is 277 g/mol. The Morgan fingerprint density at radius 3 is 2.58 bits per heavy atom. The lowest BCUT2D eigenvalue weighted by molar-refractivity contribution is 0.303. The van der Waals surface area contributed by atoms with Gasteiger partial charge in [-0.05, 0) is 23.8 Å². The van der Waals surface area contributed by atoms with E-state index in [2.05, 4.69) is 0 Å². The molecule has 2 aromatic rings. The van der Waals surface area contributed by atoms with Crippen molar-refractivity contribution in [3.05, 3.63) is 58.6 Å². The Balaban J connectivity index is 2.05. The van der Waals surface area contributed by atoms with E-state index in [4.69, 9.17) is 26.8 Å².